The standard InChI is InChI=1S/C14H20O3/c1-8(14(15)16)7-17-13-11-3-9-2-10(5-11)6-12(13)4-9/h7,9-13H,2-6H2,1H3,(H,15,16). The van der Waals surface area contributed by atoms with Gasteiger partial charge in [0, 0.05) is 0 Å². The molecule has 0 aromatic rings. The minimum absolute atomic E-state index is 0.289. The molecule has 0 saturated heterocycles. The van der Waals surface area contributed by atoms with Crippen molar-refractivity contribution >= 4 is 5.97 Å². The third kappa shape index (κ3) is 1.96. The van der Waals surface area contributed by atoms with Gasteiger partial charge in [-0.2, -0.15) is 0 Å². The van der Waals surface area contributed by atoms with Gasteiger partial charge in [0.05, 0.1) is 11.8 Å². The summed E-state index contributed by atoms with van der Waals surface area (Å²) in [5, 5.41) is 8.82. The zero-order chi connectivity index (χ0) is 12.0. The molecule has 17 heavy (non-hydrogen) atoms. The first-order valence-electron chi connectivity index (χ1n) is 6.69. The van der Waals surface area contributed by atoms with Crippen LogP contribution in [0.1, 0.15) is 39.0 Å². The molecule has 0 spiro atoms. The van der Waals surface area contributed by atoms with Crippen molar-refractivity contribution in [2.45, 2.75) is 45.1 Å². The van der Waals surface area contributed by atoms with Crippen molar-refractivity contribution in [3.05, 3.63) is 11.8 Å². The Labute approximate surface area is 102 Å². The first kappa shape index (κ1) is 11.1. The summed E-state index contributed by atoms with van der Waals surface area (Å²) in [7, 11) is 0. The second-order valence-electron chi connectivity index (χ2n) is 6.14. The van der Waals surface area contributed by atoms with E-state index in [0.29, 0.717) is 17.4 Å². The lowest BCUT2D eigenvalue weighted by Gasteiger charge is -2.53. The van der Waals surface area contributed by atoms with E-state index in [1.54, 1.807) is 6.92 Å². The smallest absolute Gasteiger partial charge is 0.334 e. The average molecular weight is 236 g/mol. The fourth-order valence-corrected chi connectivity index (χ4v) is 4.33. The van der Waals surface area contributed by atoms with Crippen LogP contribution in [0.4, 0.5) is 0 Å². The Bertz CT molecular complexity index is 330. The highest BCUT2D eigenvalue weighted by Gasteiger charge is 2.49. The topological polar surface area (TPSA) is 46.5 Å². The minimum atomic E-state index is -0.881. The minimum Gasteiger partial charge on any atom is -0.497 e. The molecule has 0 atom stereocenters. The summed E-state index contributed by atoms with van der Waals surface area (Å²) in [6.07, 6.45) is 8.40. The molecule has 3 heteroatoms. The molecule has 0 heterocycles. The molecular formula is C14H20O3. The van der Waals surface area contributed by atoms with Crippen molar-refractivity contribution in [1.29, 1.82) is 0 Å². The van der Waals surface area contributed by atoms with E-state index in [2.05, 4.69) is 0 Å². The van der Waals surface area contributed by atoms with Gasteiger partial charge < -0.3 is 9.84 Å². The van der Waals surface area contributed by atoms with Crippen LogP contribution in [-0.4, -0.2) is 17.2 Å². The number of rotatable bonds is 3. The van der Waals surface area contributed by atoms with E-state index in [9.17, 15) is 4.79 Å². The maximum atomic E-state index is 10.7. The SMILES string of the molecule is CC(=COC1C2CC3CC(C2)CC1C3)C(=O)O. The molecule has 0 radical (unpaired) electrons. The summed E-state index contributed by atoms with van der Waals surface area (Å²) >= 11 is 0. The second-order valence-corrected chi connectivity index (χ2v) is 6.14. The van der Waals surface area contributed by atoms with Gasteiger partial charge in [-0.3, -0.25) is 0 Å². The predicted octanol–water partition coefficient (Wildman–Crippen LogP) is 2.82. The van der Waals surface area contributed by atoms with Crippen LogP contribution in [0.3, 0.4) is 0 Å². The van der Waals surface area contributed by atoms with Gasteiger partial charge >= 0.3 is 5.97 Å². The number of carboxylic acid groups (broad SMARTS) is 1. The number of aliphatic carboxylic acids is 1. The van der Waals surface area contributed by atoms with Gasteiger partial charge in [-0.25, -0.2) is 4.79 Å². The van der Waals surface area contributed by atoms with E-state index in [1.807, 2.05) is 0 Å². The van der Waals surface area contributed by atoms with E-state index < -0.39 is 5.97 Å². The summed E-state index contributed by atoms with van der Waals surface area (Å²) in [5.41, 5.74) is 0.304. The third-order valence-corrected chi connectivity index (χ3v) is 4.88. The first-order chi connectivity index (χ1) is 8.13. The Hall–Kier alpha value is -0.990. The van der Waals surface area contributed by atoms with Gasteiger partial charge in [0.1, 0.15) is 6.10 Å². The van der Waals surface area contributed by atoms with Crippen LogP contribution in [0, 0.1) is 23.7 Å². The molecule has 4 bridgehead atoms. The molecule has 0 unspecified atom stereocenters. The van der Waals surface area contributed by atoms with E-state index in [1.165, 1.54) is 38.4 Å². The molecule has 94 valence electrons. The van der Waals surface area contributed by atoms with E-state index in [-0.39, 0.29) is 6.10 Å². The summed E-state index contributed by atoms with van der Waals surface area (Å²) in [5.74, 6) is 2.35. The van der Waals surface area contributed by atoms with Crippen molar-refractivity contribution in [2.75, 3.05) is 0 Å². The Morgan fingerprint density at radius 1 is 1.12 bits per heavy atom. The first-order valence-corrected chi connectivity index (χ1v) is 6.69. The van der Waals surface area contributed by atoms with Crippen LogP contribution >= 0.6 is 0 Å². The van der Waals surface area contributed by atoms with Crippen molar-refractivity contribution in [3.8, 4) is 0 Å². The predicted molar refractivity (Wildman–Crippen MR) is 63.3 cm³/mol. The van der Waals surface area contributed by atoms with Crippen LogP contribution < -0.4 is 0 Å². The zero-order valence-electron chi connectivity index (χ0n) is 10.3. The molecule has 0 aliphatic heterocycles. The molecule has 4 aliphatic carbocycles. The summed E-state index contributed by atoms with van der Waals surface area (Å²) in [6, 6.07) is 0. The van der Waals surface area contributed by atoms with Crippen LogP contribution in [0.25, 0.3) is 0 Å². The van der Waals surface area contributed by atoms with Crippen LogP contribution in [0.5, 0.6) is 0 Å². The number of carboxylic acids is 1. The van der Waals surface area contributed by atoms with Crippen molar-refractivity contribution in [2.24, 2.45) is 23.7 Å². The second kappa shape index (κ2) is 4.04. The van der Waals surface area contributed by atoms with Gasteiger partial charge in [-0.1, -0.05) is 0 Å². The molecule has 4 rings (SSSR count). The maximum absolute atomic E-state index is 10.7. The lowest BCUT2D eigenvalue weighted by Crippen LogP contribution is -2.48. The molecule has 4 saturated carbocycles. The van der Waals surface area contributed by atoms with Gasteiger partial charge in [-0.05, 0) is 62.7 Å². The maximum Gasteiger partial charge on any atom is 0.334 e. The van der Waals surface area contributed by atoms with E-state index in [0.717, 1.165) is 11.8 Å². The lowest BCUT2D eigenvalue weighted by atomic mass is 9.55. The Morgan fingerprint density at radius 3 is 2.12 bits per heavy atom. The largest absolute Gasteiger partial charge is 0.497 e. The number of hydrogen-bond acceptors (Lipinski definition) is 2. The van der Waals surface area contributed by atoms with Crippen molar-refractivity contribution in [1.82, 2.24) is 0 Å². The van der Waals surface area contributed by atoms with Crippen LogP contribution in [-0.2, 0) is 9.53 Å². The lowest BCUT2D eigenvalue weighted by molar-refractivity contribution is -0.133. The van der Waals surface area contributed by atoms with Crippen molar-refractivity contribution in [3.63, 3.8) is 0 Å². The highest BCUT2D eigenvalue weighted by atomic mass is 16.5. The molecule has 0 aromatic heterocycles. The van der Waals surface area contributed by atoms with Crippen molar-refractivity contribution < 1.29 is 14.6 Å². The number of carbonyl (C=O) groups is 1. The van der Waals surface area contributed by atoms with E-state index >= 15 is 0 Å². The Morgan fingerprint density at radius 2 is 1.65 bits per heavy atom. The zero-order valence-corrected chi connectivity index (χ0v) is 10.3. The summed E-state index contributed by atoms with van der Waals surface area (Å²) in [6.45, 7) is 1.60. The normalized spacial score (nSPS) is 43.8. The molecular weight excluding hydrogens is 216 g/mol. The molecule has 0 aromatic carbocycles. The fourth-order valence-electron chi connectivity index (χ4n) is 4.33. The quantitative estimate of drug-likeness (QED) is 0.605. The molecule has 1 N–H and O–H groups in total. The van der Waals surface area contributed by atoms with Gasteiger partial charge in [0.2, 0.25) is 0 Å². The number of hydrogen-bond donors (Lipinski definition) is 1. The van der Waals surface area contributed by atoms with Gasteiger partial charge in [0.25, 0.3) is 0 Å². The summed E-state index contributed by atoms with van der Waals surface area (Å²) in [4.78, 5) is 10.7. The third-order valence-electron chi connectivity index (χ3n) is 4.88. The number of ether oxygens (including phenoxy) is 1. The Kier molecular flexibility index (Phi) is 2.64. The molecule has 4 fully saturated rings. The molecule has 4 aliphatic rings. The van der Waals surface area contributed by atoms with Gasteiger partial charge in [0.15, 0.2) is 0 Å². The van der Waals surface area contributed by atoms with E-state index in [4.69, 9.17) is 9.84 Å². The molecule has 3 nitrogen and oxygen atoms in total. The Balaban J connectivity index is 1.68. The molecule has 0 amide bonds. The fraction of sp³-hybridized carbons (Fsp3) is 0.786. The van der Waals surface area contributed by atoms with Gasteiger partial charge in [-0.15, -0.1) is 0 Å². The highest BCUT2D eigenvalue weighted by molar-refractivity contribution is 5.85. The highest BCUT2D eigenvalue weighted by Crippen LogP contribution is 2.54. The van der Waals surface area contributed by atoms with Crippen LogP contribution in [0.2, 0.25) is 0 Å². The van der Waals surface area contributed by atoms with Crippen LogP contribution in [0.15, 0.2) is 11.8 Å². The monoisotopic (exact) mass is 236 g/mol. The average Bonchev–Trinajstić information content (AvgIpc) is 2.26. The summed E-state index contributed by atoms with van der Waals surface area (Å²) < 4.78 is 5.80.